The lowest BCUT2D eigenvalue weighted by Crippen LogP contribution is -2.27. The summed E-state index contributed by atoms with van der Waals surface area (Å²) in [4.78, 5) is 29.7. The molecule has 0 radical (unpaired) electrons. The minimum Gasteiger partial charge on any atom is -0.462 e. The van der Waals surface area contributed by atoms with Crippen molar-refractivity contribution < 1.29 is 14.3 Å². The molecule has 3 heterocycles. The van der Waals surface area contributed by atoms with Gasteiger partial charge in [0.15, 0.2) is 4.32 Å². The number of aryl methyl sites for hydroxylation is 2. The van der Waals surface area contributed by atoms with E-state index < -0.39 is 0 Å². The van der Waals surface area contributed by atoms with Crippen LogP contribution in [-0.4, -0.2) is 27.4 Å². The van der Waals surface area contributed by atoms with Crippen LogP contribution in [0.3, 0.4) is 0 Å². The molecule has 1 aliphatic carbocycles. The molecule has 180 valence electrons. The third-order valence-electron chi connectivity index (χ3n) is 6.40. The van der Waals surface area contributed by atoms with Crippen LogP contribution in [0.4, 0.5) is 5.69 Å². The molecular formula is C27H26N2O3S3. The second-order valence-electron chi connectivity index (χ2n) is 8.63. The van der Waals surface area contributed by atoms with Crippen LogP contribution in [0.1, 0.15) is 57.5 Å². The second kappa shape index (κ2) is 9.76. The number of carbonyl (C=O) groups is 2. The number of nitrogens with zero attached hydrogens (tertiary/aromatic N) is 2. The lowest BCUT2D eigenvalue weighted by molar-refractivity contribution is -0.113. The lowest BCUT2D eigenvalue weighted by Gasteiger charge is -2.14. The normalized spacial score (nSPS) is 16.8. The number of amides is 1. The molecule has 2 aromatic heterocycles. The van der Waals surface area contributed by atoms with Crippen molar-refractivity contribution in [1.29, 1.82) is 0 Å². The highest BCUT2D eigenvalue weighted by atomic mass is 32.2. The highest BCUT2D eigenvalue weighted by molar-refractivity contribution is 8.27. The number of rotatable bonds is 5. The van der Waals surface area contributed by atoms with Gasteiger partial charge in [-0.15, -0.1) is 11.3 Å². The van der Waals surface area contributed by atoms with Crippen molar-refractivity contribution in [3.63, 3.8) is 0 Å². The van der Waals surface area contributed by atoms with E-state index in [0.717, 1.165) is 58.9 Å². The van der Waals surface area contributed by atoms with Crippen LogP contribution < -0.4 is 4.90 Å². The molecule has 0 atom stereocenters. The van der Waals surface area contributed by atoms with E-state index in [0.29, 0.717) is 21.4 Å². The predicted octanol–water partition coefficient (Wildman–Crippen LogP) is 6.62. The summed E-state index contributed by atoms with van der Waals surface area (Å²) in [7, 11) is 0. The molecule has 2 aliphatic rings. The topological polar surface area (TPSA) is 51.5 Å². The van der Waals surface area contributed by atoms with Crippen LogP contribution in [-0.2, 0) is 22.4 Å². The number of esters is 1. The number of thioether (sulfide) groups is 1. The summed E-state index contributed by atoms with van der Waals surface area (Å²) in [5, 5.41) is 0.918. The van der Waals surface area contributed by atoms with E-state index in [9.17, 15) is 9.59 Å². The van der Waals surface area contributed by atoms with Gasteiger partial charge in [0.2, 0.25) is 0 Å². The first-order valence-electron chi connectivity index (χ1n) is 11.7. The van der Waals surface area contributed by atoms with Crippen LogP contribution in [0, 0.1) is 13.8 Å². The molecule has 1 aromatic carbocycles. The Morgan fingerprint density at radius 3 is 2.66 bits per heavy atom. The SMILES string of the molecule is CCOC(=O)c1c(-n2c(C)cc(/C=C3/SC(=S)N(c4ccccc4)C3=O)c2C)sc2c1CCCC2. The van der Waals surface area contributed by atoms with Gasteiger partial charge in [0.25, 0.3) is 5.91 Å². The summed E-state index contributed by atoms with van der Waals surface area (Å²) >= 11 is 8.53. The van der Waals surface area contributed by atoms with E-state index in [4.69, 9.17) is 17.0 Å². The van der Waals surface area contributed by atoms with Gasteiger partial charge in [-0.2, -0.15) is 0 Å². The Balaban J connectivity index is 1.56. The minimum absolute atomic E-state index is 0.116. The van der Waals surface area contributed by atoms with Crippen molar-refractivity contribution in [3.8, 4) is 5.00 Å². The van der Waals surface area contributed by atoms with Crippen molar-refractivity contribution in [3.05, 3.63) is 74.3 Å². The Labute approximate surface area is 218 Å². The van der Waals surface area contributed by atoms with E-state index in [1.165, 1.54) is 16.6 Å². The van der Waals surface area contributed by atoms with Gasteiger partial charge in [0.1, 0.15) is 5.00 Å². The zero-order valence-electron chi connectivity index (χ0n) is 19.9. The number of thiocarbonyl (C=S) groups is 1. The van der Waals surface area contributed by atoms with Crippen LogP contribution in [0.25, 0.3) is 11.1 Å². The van der Waals surface area contributed by atoms with Gasteiger partial charge in [-0.1, -0.05) is 42.2 Å². The molecule has 5 rings (SSSR count). The van der Waals surface area contributed by atoms with Crippen molar-refractivity contribution in [2.24, 2.45) is 0 Å². The number of hydrogen-bond donors (Lipinski definition) is 0. The zero-order valence-corrected chi connectivity index (χ0v) is 22.4. The van der Waals surface area contributed by atoms with E-state index >= 15 is 0 Å². The van der Waals surface area contributed by atoms with Crippen molar-refractivity contribution >= 4 is 63.3 Å². The lowest BCUT2D eigenvalue weighted by atomic mass is 9.95. The molecule has 0 saturated carbocycles. The molecule has 1 aliphatic heterocycles. The third kappa shape index (κ3) is 4.28. The number of carbonyl (C=O) groups excluding carboxylic acids is 2. The first-order chi connectivity index (χ1) is 16.9. The zero-order chi connectivity index (χ0) is 24.7. The number of anilines is 1. The molecule has 1 fully saturated rings. The van der Waals surface area contributed by atoms with Crippen LogP contribution >= 0.6 is 35.3 Å². The van der Waals surface area contributed by atoms with E-state index in [2.05, 4.69) is 10.6 Å². The Kier molecular flexibility index (Phi) is 6.70. The Bertz CT molecular complexity index is 1370. The predicted molar refractivity (Wildman–Crippen MR) is 148 cm³/mol. The number of ether oxygens (including phenoxy) is 1. The number of benzene rings is 1. The Hall–Kier alpha value is -2.68. The highest BCUT2D eigenvalue weighted by Crippen LogP contribution is 2.40. The quantitative estimate of drug-likeness (QED) is 0.214. The summed E-state index contributed by atoms with van der Waals surface area (Å²) in [5.74, 6) is -0.366. The van der Waals surface area contributed by atoms with Crippen LogP contribution in [0.15, 0.2) is 41.3 Å². The molecule has 0 N–H and O–H groups in total. The van der Waals surface area contributed by atoms with Gasteiger partial charge in [-0.3, -0.25) is 9.69 Å². The fourth-order valence-electron chi connectivity index (χ4n) is 4.78. The van der Waals surface area contributed by atoms with Crippen LogP contribution in [0.2, 0.25) is 0 Å². The molecular weight excluding hydrogens is 497 g/mol. The van der Waals surface area contributed by atoms with E-state index in [1.54, 1.807) is 16.2 Å². The summed E-state index contributed by atoms with van der Waals surface area (Å²) < 4.78 is 8.13. The van der Waals surface area contributed by atoms with Crippen molar-refractivity contribution in [2.75, 3.05) is 11.5 Å². The molecule has 1 amide bonds. The maximum Gasteiger partial charge on any atom is 0.341 e. The Morgan fingerprint density at radius 2 is 1.91 bits per heavy atom. The molecule has 35 heavy (non-hydrogen) atoms. The first kappa shape index (κ1) is 24.0. The molecule has 5 nitrogen and oxygen atoms in total. The van der Waals surface area contributed by atoms with E-state index in [1.807, 2.05) is 57.2 Å². The summed E-state index contributed by atoms with van der Waals surface area (Å²) in [6.45, 7) is 6.25. The van der Waals surface area contributed by atoms with Gasteiger partial charge >= 0.3 is 5.97 Å². The molecule has 3 aromatic rings. The fraction of sp³-hybridized carbons (Fsp3) is 0.296. The van der Waals surface area contributed by atoms with Crippen molar-refractivity contribution in [1.82, 2.24) is 4.57 Å². The number of para-hydroxylation sites is 1. The maximum absolute atomic E-state index is 13.2. The van der Waals surface area contributed by atoms with Gasteiger partial charge in [0, 0.05) is 16.3 Å². The number of aromatic nitrogens is 1. The van der Waals surface area contributed by atoms with Gasteiger partial charge in [-0.25, -0.2) is 4.79 Å². The van der Waals surface area contributed by atoms with Crippen LogP contribution in [0.5, 0.6) is 0 Å². The van der Waals surface area contributed by atoms with Gasteiger partial charge in [-0.05, 0) is 81.9 Å². The molecule has 0 spiro atoms. The maximum atomic E-state index is 13.2. The first-order valence-corrected chi connectivity index (χ1v) is 13.8. The molecule has 1 saturated heterocycles. The summed E-state index contributed by atoms with van der Waals surface area (Å²) in [6, 6.07) is 11.5. The fourth-order valence-corrected chi connectivity index (χ4v) is 7.56. The summed E-state index contributed by atoms with van der Waals surface area (Å²) in [5.41, 5.74) is 5.56. The number of thiophene rings is 1. The number of hydrogen-bond acceptors (Lipinski definition) is 6. The number of fused-ring (bicyclic) bond motifs is 1. The molecule has 0 bridgehead atoms. The standard InChI is InChI=1S/C27H26N2O3S3/c1-4-32-26(31)23-20-12-8-9-13-21(20)34-25(23)28-16(2)14-18(17(28)3)15-22-24(30)29(27(33)35-22)19-10-6-5-7-11-19/h5-7,10-11,14-15H,4,8-9,12-13H2,1-3H3/b22-15+. The smallest absolute Gasteiger partial charge is 0.341 e. The average Bonchev–Trinajstić information content (AvgIpc) is 3.45. The second-order valence-corrected chi connectivity index (χ2v) is 11.4. The minimum atomic E-state index is -0.250. The van der Waals surface area contributed by atoms with Gasteiger partial charge in [0.05, 0.1) is 22.8 Å². The highest BCUT2D eigenvalue weighted by Gasteiger charge is 2.34. The van der Waals surface area contributed by atoms with Crippen molar-refractivity contribution in [2.45, 2.75) is 46.5 Å². The van der Waals surface area contributed by atoms with Gasteiger partial charge < -0.3 is 9.30 Å². The molecule has 0 unspecified atom stereocenters. The largest absolute Gasteiger partial charge is 0.462 e. The Morgan fingerprint density at radius 1 is 1.17 bits per heavy atom. The summed E-state index contributed by atoms with van der Waals surface area (Å²) in [6.07, 6.45) is 6.06. The third-order valence-corrected chi connectivity index (χ3v) is 8.98. The molecule has 8 heteroatoms. The monoisotopic (exact) mass is 522 g/mol. The average molecular weight is 523 g/mol. The van der Waals surface area contributed by atoms with E-state index in [-0.39, 0.29) is 11.9 Å².